The fraction of sp³-hybridized carbons (Fsp3) is 0.357. The van der Waals surface area contributed by atoms with Gasteiger partial charge in [-0.15, -0.1) is 0 Å². The Morgan fingerprint density at radius 3 is 2.43 bits per heavy atom. The monoisotopic (exact) mass is 584 g/mol. The van der Waals surface area contributed by atoms with E-state index in [0.717, 1.165) is 16.8 Å². The largest absolute Gasteiger partial charge is 0.450 e. The summed E-state index contributed by atoms with van der Waals surface area (Å²) < 4.78 is 42.6. The van der Waals surface area contributed by atoms with Crippen molar-refractivity contribution < 1.29 is 27.5 Å². The van der Waals surface area contributed by atoms with Crippen molar-refractivity contribution in [1.82, 2.24) is 34.7 Å². The molecule has 1 saturated heterocycles. The summed E-state index contributed by atoms with van der Waals surface area (Å²) in [4.78, 5) is 48.0. The van der Waals surface area contributed by atoms with E-state index in [2.05, 4.69) is 35.1 Å². The third kappa shape index (κ3) is 7.37. The first-order valence-corrected chi connectivity index (χ1v) is 13.0. The minimum Gasteiger partial charge on any atom is -0.450 e. The first-order chi connectivity index (χ1) is 19.7. The molecule has 1 aromatic carbocycles. The summed E-state index contributed by atoms with van der Waals surface area (Å²) in [7, 11) is 0. The molecule has 0 unspecified atom stereocenters. The van der Waals surface area contributed by atoms with Crippen LogP contribution in [0.1, 0.15) is 26.5 Å². The maximum absolute atomic E-state index is 12.5. The summed E-state index contributed by atoms with van der Waals surface area (Å²) >= 11 is 0. The number of carbonyl (C=O) groups is 2. The molecule has 1 fully saturated rings. The normalized spacial score (nSPS) is 14.0. The van der Waals surface area contributed by atoms with Crippen molar-refractivity contribution in [3.63, 3.8) is 0 Å². The van der Waals surface area contributed by atoms with Crippen molar-refractivity contribution in [2.24, 2.45) is 0 Å². The average Bonchev–Trinajstić information content (AvgIpc) is 3.35. The van der Waals surface area contributed by atoms with E-state index in [9.17, 15) is 22.8 Å². The molecule has 3 aromatic heterocycles. The number of imidazole rings is 1. The van der Waals surface area contributed by atoms with Gasteiger partial charge < -0.3 is 14.6 Å². The standard InChI is InChI=1S/C27H27F3N8O3.CH4/c1-2-41-26(40)36-25-34-21-13-18(12-20(23(21)35-25)24-31-6-3-7-32-24)17-4-5-19(33-15-17)16-37-8-10-38(11-9-37)22(39)14-27(28,29)30;/h3-7,12-13,15H,2,8-11,14,16H2,1H3,(H2,34,35,36,40);1H4. The molecular weight excluding hydrogens is 553 g/mol. The Labute approximate surface area is 240 Å². The zero-order valence-corrected chi connectivity index (χ0v) is 22.1. The highest BCUT2D eigenvalue weighted by atomic mass is 19.4. The van der Waals surface area contributed by atoms with E-state index >= 15 is 0 Å². The van der Waals surface area contributed by atoms with Gasteiger partial charge in [-0.1, -0.05) is 13.5 Å². The van der Waals surface area contributed by atoms with E-state index in [0.29, 0.717) is 42.1 Å². The second-order valence-electron chi connectivity index (χ2n) is 9.41. The first kappa shape index (κ1) is 30.4. The van der Waals surface area contributed by atoms with Gasteiger partial charge in [0.05, 0.1) is 17.8 Å². The summed E-state index contributed by atoms with van der Waals surface area (Å²) in [5.74, 6) is -0.203. The lowest BCUT2D eigenvalue weighted by atomic mass is 10.0. The molecule has 222 valence electrons. The highest BCUT2D eigenvalue weighted by Gasteiger charge is 2.34. The summed E-state index contributed by atoms with van der Waals surface area (Å²) in [5.41, 5.74) is 4.32. The number of ether oxygens (including phenoxy) is 1. The Bertz CT molecular complexity index is 1520. The number of halogens is 3. The number of fused-ring (bicyclic) bond motifs is 1. The van der Waals surface area contributed by atoms with Crippen LogP contribution in [-0.2, 0) is 16.1 Å². The minimum atomic E-state index is -4.50. The molecule has 0 bridgehead atoms. The number of nitrogens with one attached hydrogen (secondary N) is 2. The molecule has 2 amide bonds. The predicted octanol–water partition coefficient (Wildman–Crippen LogP) is 4.88. The zero-order valence-electron chi connectivity index (χ0n) is 22.1. The fourth-order valence-electron chi connectivity index (χ4n) is 4.57. The minimum absolute atomic E-state index is 0. The van der Waals surface area contributed by atoms with Crippen LogP contribution in [0.25, 0.3) is 33.5 Å². The molecule has 2 N–H and O–H groups in total. The van der Waals surface area contributed by atoms with Crippen molar-refractivity contribution >= 4 is 29.0 Å². The second kappa shape index (κ2) is 12.9. The number of nitrogens with zero attached hydrogens (tertiary/aromatic N) is 6. The fourth-order valence-corrected chi connectivity index (χ4v) is 4.57. The van der Waals surface area contributed by atoms with E-state index in [1.165, 1.54) is 4.90 Å². The molecule has 5 rings (SSSR count). The van der Waals surface area contributed by atoms with Crippen LogP contribution in [0.15, 0.2) is 48.9 Å². The number of aromatic nitrogens is 5. The maximum atomic E-state index is 12.5. The number of hydrogen-bond acceptors (Lipinski definition) is 8. The second-order valence-corrected chi connectivity index (χ2v) is 9.41. The molecule has 0 saturated carbocycles. The Hall–Kier alpha value is -4.59. The van der Waals surface area contributed by atoms with Crippen LogP contribution in [0.2, 0.25) is 0 Å². The van der Waals surface area contributed by atoms with Gasteiger partial charge in [-0.2, -0.15) is 13.2 Å². The third-order valence-electron chi connectivity index (χ3n) is 6.51. The van der Waals surface area contributed by atoms with Crippen molar-refractivity contribution in [3.05, 3.63) is 54.6 Å². The molecule has 4 heterocycles. The summed E-state index contributed by atoms with van der Waals surface area (Å²) in [6, 6.07) is 9.32. The van der Waals surface area contributed by atoms with Crippen LogP contribution in [-0.4, -0.2) is 85.7 Å². The van der Waals surface area contributed by atoms with Gasteiger partial charge in [0.25, 0.3) is 0 Å². The number of amides is 2. The van der Waals surface area contributed by atoms with Crippen molar-refractivity contribution in [1.29, 1.82) is 0 Å². The SMILES string of the molecule is C.CCOC(=O)Nc1nc2c(-c3ncccn3)cc(-c3ccc(CN4CCN(C(=O)CC(F)(F)F)CC4)nc3)cc2[nH]1. The number of aromatic amines is 1. The lowest BCUT2D eigenvalue weighted by Gasteiger charge is -2.34. The number of alkyl halides is 3. The molecule has 0 spiro atoms. The molecule has 11 nitrogen and oxygen atoms in total. The number of anilines is 1. The van der Waals surface area contributed by atoms with Gasteiger partial charge in [0.1, 0.15) is 11.9 Å². The van der Waals surface area contributed by atoms with E-state index in [1.807, 2.05) is 24.3 Å². The van der Waals surface area contributed by atoms with Crippen LogP contribution in [0.4, 0.5) is 23.9 Å². The Kier molecular flexibility index (Phi) is 9.35. The summed E-state index contributed by atoms with van der Waals surface area (Å²) in [6.45, 7) is 3.86. The highest BCUT2D eigenvalue weighted by molar-refractivity contribution is 5.96. The first-order valence-electron chi connectivity index (χ1n) is 13.0. The number of carbonyl (C=O) groups excluding carboxylic acids is 2. The van der Waals surface area contributed by atoms with E-state index in [1.54, 1.807) is 31.6 Å². The average molecular weight is 585 g/mol. The number of piperazine rings is 1. The van der Waals surface area contributed by atoms with Gasteiger partial charge in [-0.05, 0) is 36.8 Å². The molecule has 1 aliphatic heterocycles. The van der Waals surface area contributed by atoms with Crippen LogP contribution in [0, 0.1) is 0 Å². The van der Waals surface area contributed by atoms with Gasteiger partial charge in [0, 0.05) is 62.4 Å². The Balaban J connectivity index is 0.00000405. The highest BCUT2D eigenvalue weighted by Crippen LogP contribution is 2.32. The maximum Gasteiger partial charge on any atom is 0.413 e. The molecule has 0 atom stereocenters. The quantitative estimate of drug-likeness (QED) is 0.314. The van der Waals surface area contributed by atoms with E-state index < -0.39 is 24.6 Å². The lowest BCUT2D eigenvalue weighted by molar-refractivity contribution is -0.162. The van der Waals surface area contributed by atoms with Crippen LogP contribution >= 0.6 is 0 Å². The number of benzene rings is 1. The van der Waals surface area contributed by atoms with Gasteiger partial charge in [-0.25, -0.2) is 19.7 Å². The zero-order chi connectivity index (χ0) is 29.0. The molecule has 42 heavy (non-hydrogen) atoms. The van der Waals surface area contributed by atoms with Gasteiger partial charge >= 0.3 is 12.3 Å². The third-order valence-corrected chi connectivity index (χ3v) is 6.51. The summed E-state index contributed by atoms with van der Waals surface area (Å²) in [6.07, 6.45) is -1.55. The smallest absolute Gasteiger partial charge is 0.413 e. The molecular formula is C28H31F3N8O3. The number of H-pyrrole nitrogens is 1. The predicted molar refractivity (Wildman–Crippen MR) is 150 cm³/mol. The van der Waals surface area contributed by atoms with Gasteiger partial charge in [-0.3, -0.25) is 20.0 Å². The molecule has 1 aliphatic rings. The van der Waals surface area contributed by atoms with E-state index in [-0.39, 0.29) is 33.1 Å². The van der Waals surface area contributed by atoms with Gasteiger partial charge in [0.2, 0.25) is 11.9 Å². The number of pyridine rings is 1. The Morgan fingerprint density at radius 1 is 1.05 bits per heavy atom. The molecule has 0 aliphatic carbocycles. The number of rotatable bonds is 7. The molecule has 4 aromatic rings. The lowest BCUT2D eigenvalue weighted by Crippen LogP contribution is -2.49. The van der Waals surface area contributed by atoms with Crippen molar-refractivity contribution in [3.8, 4) is 22.5 Å². The molecule has 0 radical (unpaired) electrons. The summed E-state index contributed by atoms with van der Waals surface area (Å²) in [5, 5.41) is 2.58. The Morgan fingerprint density at radius 2 is 1.79 bits per heavy atom. The van der Waals surface area contributed by atoms with Crippen LogP contribution in [0.3, 0.4) is 0 Å². The molecule has 14 heteroatoms. The number of hydrogen-bond donors (Lipinski definition) is 2. The van der Waals surface area contributed by atoms with E-state index in [4.69, 9.17) is 4.74 Å². The van der Waals surface area contributed by atoms with Gasteiger partial charge in [0.15, 0.2) is 5.82 Å². The van der Waals surface area contributed by atoms with Crippen molar-refractivity contribution in [2.45, 2.75) is 33.5 Å². The van der Waals surface area contributed by atoms with Crippen LogP contribution in [0.5, 0.6) is 0 Å². The van der Waals surface area contributed by atoms with Crippen LogP contribution < -0.4 is 5.32 Å². The topological polar surface area (TPSA) is 129 Å². The van der Waals surface area contributed by atoms with Crippen molar-refractivity contribution in [2.75, 3.05) is 38.1 Å².